The van der Waals surface area contributed by atoms with Crippen LogP contribution in [0.5, 0.6) is 11.5 Å². The second-order valence-corrected chi connectivity index (χ2v) is 6.85. The molecule has 0 spiro atoms. The Morgan fingerprint density at radius 1 is 1.28 bits per heavy atom. The SMILES string of the molecule is CN=C(NCc1scnc1C)N1CCc2cc(OC)c(OC)cc2C1. The number of aromatic nitrogens is 1. The zero-order chi connectivity index (χ0) is 17.8. The van der Waals surface area contributed by atoms with Crippen LogP contribution >= 0.6 is 11.3 Å². The first-order chi connectivity index (χ1) is 12.2. The Hall–Kier alpha value is -2.28. The Morgan fingerprint density at radius 2 is 2.00 bits per heavy atom. The number of aryl methyl sites for hydroxylation is 1. The molecule has 0 fully saturated rings. The lowest BCUT2D eigenvalue weighted by Gasteiger charge is -2.32. The predicted molar refractivity (Wildman–Crippen MR) is 101 cm³/mol. The highest BCUT2D eigenvalue weighted by molar-refractivity contribution is 7.09. The van der Waals surface area contributed by atoms with Crippen molar-refractivity contribution in [2.45, 2.75) is 26.4 Å². The van der Waals surface area contributed by atoms with Crippen molar-refractivity contribution in [3.05, 3.63) is 39.3 Å². The largest absolute Gasteiger partial charge is 0.493 e. The first-order valence-electron chi connectivity index (χ1n) is 8.24. The van der Waals surface area contributed by atoms with E-state index in [2.05, 4.69) is 32.3 Å². The van der Waals surface area contributed by atoms with E-state index >= 15 is 0 Å². The Morgan fingerprint density at radius 3 is 2.60 bits per heavy atom. The molecule has 0 atom stereocenters. The van der Waals surface area contributed by atoms with E-state index in [1.165, 1.54) is 16.0 Å². The van der Waals surface area contributed by atoms with Crippen molar-refractivity contribution in [2.24, 2.45) is 4.99 Å². The van der Waals surface area contributed by atoms with Crippen LogP contribution in [0.4, 0.5) is 0 Å². The number of methoxy groups -OCH3 is 2. The third kappa shape index (κ3) is 3.71. The van der Waals surface area contributed by atoms with Gasteiger partial charge in [-0.05, 0) is 36.6 Å². The number of ether oxygens (including phenoxy) is 2. The van der Waals surface area contributed by atoms with Crippen LogP contribution in [0.1, 0.15) is 21.7 Å². The number of thiazole rings is 1. The van der Waals surface area contributed by atoms with Crippen molar-refractivity contribution in [2.75, 3.05) is 27.8 Å². The van der Waals surface area contributed by atoms with Crippen LogP contribution in [-0.2, 0) is 19.5 Å². The summed E-state index contributed by atoms with van der Waals surface area (Å²) in [5.41, 5.74) is 5.52. The lowest BCUT2D eigenvalue weighted by molar-refractivity contribution is 0.346. The number of nitrogens with zero attached hydrogens (tertiary/aromatic N) is 3. The Balaban J connectivity index is 1.73. The van der Waals surface area contributed by atoms with Gasteiger partial charge in [-0.15, -0.1) is 11.3 Å². The minimum Gasteiger partial charge on any atom is -0.493 e. The second-order valence-electron chi connectivity index (χ2n) is 5.91. The van der Waals surface area contributed by atoms with Crippen molar-refractivity contribution in [3.63, 3.8) is 0 Å². The molecular weight excluding hydrogens is 336 g/mol. The van der Waals surface area contributed by atoms with Crippen LogP contribution in [0.15, 0.2) is 22.6 Å². The Bertz CT molecular complexity index is 772. The lowest BCUT2D eigenvalue weighted by atomic mass is 9.99. The average Bonchev–Trinajstić information content (AvgIpc) is 3.05. The van der Waals surface area contributed by atoms with E-state index in [0.717, 1.165) is 49.2 Å². The zero-order valence-corrected chi connectivity index (χ0v) is 15.9. The van der Waals surface area contributed by atoms with Gasteiger partial charge in [-0.1, -0.05) is 0 Å². The van der Waals surface area contributed by atoms with Crippen LogP contribution in [0.25, 0.3) is 0 Å². The smallest absolute Gasteiger partial charge is 0.194 e. The summed E-state index contributed by atoms with van der Waals surface area (Å²) in [6.07, 6.45) is 0.954. The molecule has 0 radical (unpaired) electrons. The normalized spacial score (nSPS) is 14.2. The molecule has 3 rings (SSSR count). The van der Waals surface area contributed by atoms with Crippen molar-refractivity contribution in [1.29, 1.82) is 0 Å². The van der Waals surface area contributed by atoms with E-state index in [1.807, 2.05) is 19.5 Å². The topological polar surface area (TPSA) is 59.0 Å². The van der Waals surface area contributed by atoms with E-state index in [0.29, 0.717) is 0 Å². The number of hydrogen-bond acceptors (Lipinski definition) is 5. The fourth-order valence-corrected chi connectivity index (χ4v) is 3.77. The molecule has 134 valence electrons. The molecule has 2 aromatic rings. The summed E-state index contributed by atoms with van der Waals surface area (Å²) in [6, 6.07) is 4.16. The molecule has 6 nitrogen and oxygen atoms in total. The summed E-state index contributed by atoms with van der Waals surface area (Å²) in [4.78, 5) is 12.3. The summed E-state index contributed by atoms with van der Waals surface area (Å²) in [6.45, 7) is 4.51. The number of hydrogen-bond donors (Lipinski definition) is 1. The molecule has 1 aromatic carbocycles. The number of aliphatic imine (C=N–C) groups is 1. The lowest BCUT2D eigenvalue weighted by Crippen LogP contribution is -2.43. The van der Waals surface area contributed by atoms with Crippen molar-refractivity contribution < 1.29 is 9.47 Å². The number of guanidine groups is 1. The number of fused-ring (bicyclic) bond motifs is 1. The molecule has 0 saturated carbocycles. The summed E-state index contributed by atoms with van der Waals surface area (Å²) in [5, 5.41) is 3.45. The molecule has 1 aliphatic rings. The third-order valence-corrected chi connectivity index (χ3v) is 5.42. The van der Waals surface area contributed by atoms with Crippen molar-refractivity contribution in [3.8, 4) is 11.5 Å². The summed E-state index contributed by atoms with van der Waals surface area (Å²) in [7, 11) is 5.17. The standard InChI is InChI=1S/C18H24N4O2S/c1-12-17(25-11-21-12)9-20-18(19-2)22-6-5-13-7-15(23-3)16(24-4)8-14(13)10-22/h7-8,11H,5-6,9-10H2,1-4H3,(H,19,20). The van der Waals surface area contributed by atoms with Gasteiger partial charge in [0.1, 0.15) is 0 Å². The summed E-state index contributed by atoms with van der Waals surface area (Å²) < 4.78 is 10.8. The third-order valence-electron chi connectivity index (χ3n) is 4.48. The minimum atomic E-state index is 0.748. The molecule has 1 aromatic heterocycles. The van der Waals surface area contributed by atoms with E-state index in [9.17, 15) is 0 Å². The summed E-state index contributed by atoms with van der Waals surface area (Å²) in [5.74, 6) is 2.47. The number of benzene rings is 1. The molecule has 7 heteroatoms. The molecule has 0 aliphatic carbocycles. The van der Waals surface area contributed by atoms with E-state index in [-0.39, 0.29) is 0 Å². The highest BCUT2D eigenvalue weighted by Gasteiger charge is 2.21. The predicted octanol–water partition coefficient (Wildman–Crippen LogP) is 2.60. The molecule has 2 heterocycles. The van der Waals surface area contributed by atoms with Gasteiger partial charge in [-0.25, -0.2) is 4.98 Å². The quantitative estimate of drug-likeness (QED) is 0.671. The van der Waals surface area contributed by atoms with Crippen LogP contribution in [-0.4, -0.2) is 43.7 Å². The van der Waals surface area contributed by atoms with Gasteiger partial charge in [-0.2, -0.15) is 0 Å². The van der Waals surface area contributed by atoms with Crippen LogP contribution in [0, 0.1) is 6.92 Å². The Kier molecular flexibility index (Phi) is 5.43. The van der Waals surface area contributed by atoms with Crippen LogP contribution < -0.4 is 14.8 Å². The molecule has 0 saturated heterocycles. The molecule has 0 bridgehead atoms. The minimum absolute atomic E-state index is 0.748. The molecular formula is C18H24N4O2S. The molecule has 1 aliphatic heterocycles. The first kappa shape index (κ1) is 17.5. The number of rotatable bonds is 4. The maximum Gasteiger partial charge on any atom is 0.194 e. The Labute approximate surface area is 152 Å². The zero-order valence-electron chi connectivity index (χ0n) is 15.1. The first-order valence-corrected chi connectivity index (χ1v) is 9.12. The van der Waals surface area contributed by atoms with Gasteiger partial charge in [0.2, 0.25) is 0 Å². The van der Waals surface area contributed by atoms with Gasteiger partial charge >= 0.3 is 0 Å². The number of nitrogens with one attached hydrogen (secondary N) is 1. The van der Waals surface area contributed by atoms with Gasteiger partial charge in [0, 0.05) is 25.0 Å². The molecule has 1 N–H and O–H groups in total. The van der Waals surface area contributed by atoms with Crippen LogP contribution in [0.3, 0.4) is 0 Å². The van der Waals surface area contributed by atoms with Gasteiger partial charge in [-0.3, -0.25) is 4.99 Å². The molecule has 25 heavy (non-hydrogen) atoms. The fourth-order valence-electron chi connectivity index (χ4n) is 3.05. The van der Waals surface area contributed by atoms with Gasteiger partial charge in [0.05, 0.1) is 32.0 Å². The fraction of sp³-hybridized carbons (Fsp3) is 0.444. The average molecular weight is 360 g/mol. The van der Waals surface area contributed by atoms with E-state index in [1.54, 1.807) is 25.6 Å². The highest BCUT2D eigenvalue weighted by atomic mass is 32.1. The second kappa shape index (κ2) is 7.74. The van der Waals surface area contributed by atoms with Crippen molar-refractivity contribution in [1.82, 2.24) is 15.2 Å². The molecule has 0 unspecified atom stereocenters. The molecule has 0 amide bonds. The van der Waals surface area contributed by atoms with Gasteiger partial charge in [0.25, 0.3) is 0 Å². The monoisotopic (exact) mass is 360 g/mol. The van der Waals surface area contributed by atoms with Crippen LogP contribution in [0.2, 0.25) is 0 Å². The van der Waals surface area contributed by atoms with E-state index in [4.69, 9.17) is 9.47 Å². The van der Waals surface area contributed by atoms with Crippen molar-refractivity contribution >= 4 is 17.3 Å². The van der Waals surface area contributed by atoms with Gasteiger partial charge < -0.3 is 19.7 Å². The summed E-state index contributed by atoms with van der Waals surface area (Å²) >= 11 is 1.67. The van der Waals surface area contributed by atoms with Gasteiger partial charge in [0.15, 0.2) is 17.5 Å². The maximum atomic E-state index is 5.44. The maximum absolute atomic E-state index is 5.44. The van der Waals surface area contributed by atoms with E-state index < -0.39 is 0 Å². The highest BCUT2D eigenvalue weighted by Crippen LogP contribution is 2.33.